The monoisotopic (exact) mass is 379 g/mol. The van der Waals surface area contributed by atoms with Crippen LogP contribution in [0.15, 0.2) is 47.2 Å². The summed E-state index contributed by atoms with van der Waals surface area (Å²) in [7, 11) is 0. The Morgan fingerprint density at radius 2 is 2.11 bits per heavy atom. The first kappa shape index (κ1) is 18.0. The van der Waals surface area contributed by atoms with Gasteiger partial charge in [-0.1, -0.05) is 0 Å². The van der Waals surface area contributed by atoms with Crippen molar-refractivity contribution in [2.45, 2.75) is 32.9 Å². The van der Waals surface area contributed by atoms with E-state index < -0.39 is 0 Å². The molecule has 4 rings (SSSR count). The second kappa shape index (κ2) is 7.72. The lowest BCUT2D eigenvalue weighted by atomic mass is 10.1. The summed E-state index contributed by atoms with van der Waals surface area (Å²) in [6.45, 7) is 4.90. The molecule has 0 bridgehead atoms. The van der Waals surface area contributed by atoms with E-state index in [0.717, 1.165) is 34.6 Å². The highest BCUT2D eigenvalue weighted by Gasteiger charge is 2.22. The van der Waals surface area contributed by atoms with Crippen LogP contribution in [0.3, 0.4) is 0 Å². The van der Waals surface area contributed by atoms with E-state index >= 15 is 0 Å². The molecule has 144 valence electrons. The molecule has 0 unspecified atom stereocenters. The van der Waals surface area contributed by atoms with Crippen LogP contribution in [0, 0.1) is 0 Å². The molecule has 28 heavy (non-hydrogen) atoms. The fourth-order valence-electron chi connectivity index (χ4n) is 3.25. The predicted molar refractivity (Wildman–Crippen MR) is 102 cm³/mol. The maximum Gasteiger partial charge on any atom is 0.251 e. The molecule has 1 amide bonds. The Balaban J connectivity index is 1.46. The number of rotatable bonds is 6. The lowest BCUT2D eigenvalue weighted by Crippen LogP contribution is -2.23. The summed E-state index contributed by atoms with van der Waals surface area (Å²) in [5, 5.41) is 10.5. The Labute approximate surface area is 162 Å². The lowest BCUT2D eigenvalue weighted by Gasteiger charge is -2.13. The zero-order valence-electron chi connectivity index (χ0n) is 15.8. The van der Waals surface area contributed by atoms with Gasteiger partial charge in [-0.2, -0.15) is 0 Å². The molecule has 2 aromatic carbocycles. The van der Waals surface area contributed by atoms with Crippen molar-refractivity contribution in [2.75, 3.05) is 6.61 Å². The second-order valence-electron chi connectivity index (χ2n) is 6.64. The van der Waals surface area contributed by atoms with Crippen molar-refractivity contribution in [3.63, 3.8) is 0 Å². The number of carbonyl (C=O) groups is 1. The van der Waals surface area contributed by atoms with Crippen LogP contribution in [0.1, 0.15) is 35.3 Å². The molecule has 1 N–H and O–H groups in total. The zero-order valence-corrected chi connectivity index (χ0v) is 15.8. The Bertz CT molecular complexity index is 968. The Kier molecular flexibility index (Phi) is 4.97. The number of hydrogen-bond acceptors (Lipinski definition) is 6. The van der Waals surface area contributed by atoms with Gasteiger partial charge in [0.1, 0.15) is 17.6 Å². The normalized spacial score (nSPS) is 15.0. The number of fused-ring (bicyclic) bond motifs is 1. The lowest BCUT2D eigenvalue weighted by molar-refractivity contribution is 0.0950. The molecule has 0 fully saturated rings. The number of hydrogen-bond donors (Lipinski definition) is 1. The summed E-state index contributed by atoms with van der Waals surface area (Å²) in [6, 6.07) is 11.0. The maximum atomic E-state index is 12.5. The van der Waals surface area contributed by atoms with Crippen LogP contribution >= 0.6 is 0 Å². The van der Waals surface area contributed by atoms with E-state index in [9.17, 15) is 4.79 Å². The summed E-state index contributed by atoms with van der Waals surface area (Å²) in [5.74, 6) is 1.89. The standard InChI is InChI=1S/C21H21N3O4/c1-3-26-18-9-16-8-13(2)28-19(16)10-17(18)11-22-20(25)14-4-6-15(7-5-14)21-24-23-12-27-21/h4-7,9-10,12-13H,3,8,11H2,1-2H3,(H,22,25)/t13-/m0/s1. The van der Waals surface area contributed by atoms with Crippen molar-refractivity contribution in [3.05, 3.63) is 59.5 Å². The average molecular weight is 379 g/mol. The maximum absolute atomic E-state index is 12.5. The molecule has 1 aromatic heterocycles. The molecule has 7 heteroatoms. The first-order chi connectivity index (χ1) is 13.6. The quantitative estimate of drug-likeness (QED) is 0.706. The van der Waals surface area contributed by atoms with Gasteiger partial charge in [-0.3, -0.25) is 4.79 Å². The van der Waals surface area contributed by atoms with Gasteiger partial charge in [0.15, 0.2) is 0 Å². The molecule has 0 radical (unpaired) electrons. The molecule has 0 spiro atoms. The van der Waals surface area contributed by atoms with E-state index in [-0.39, 0.29) is 12.0 Å². The van der Waals surface area contributed by atoms with Crippen LogP contribution in [-0.2, 0) is 13.0 Å². The summed E-state index contributed by atoms with van der Waals surface area (Å²) >= 11 is 0. The van der Waals surface area contributed by atoms with Crippen LogP contribution in [0.25, 0.3) is 11.5 Å². The van der Waals surface area contributed by atoms with Gasteiger partial charge in [0.25, 0.3) is 5.91 Å². The summed E-state index contributed by atoms with van der Waals surface area (Å²) in [6.07, 6.45) is 2.30. The van der Waals surface area contributed by atoms with Crippen LogP contribution in [0.5, 0.6) is 11.5 Å². The highest BCUT2D eigenvalue weighted by Crippen LogP contribution is 2.35. The number of aromatic nitrogens is 2. The molecule has 0 aliphatic carbocycles. The van der Waals surface area contributed by atoms with Crippen LogP contribution in [-0.4, -0.2) is 28.8 Å². The van der Waals surface area contributed by atoms with E-state index in [1.165, 1.54) is 6.39 Å². The van der Waals surface area contributed by atoms with Gasteiger partial charge in [-0.15, -0.1) is 10.2 Å². The Morgan fingerprint density at radius 3 is 2.82 bits per heavy atom. The van der Waals surface area contributed by atoms with Gasteiger partial charge in [0.05, 0.1) is 6.61 Å². The number of nitrogens with zero attached hydrogens (tertiary/aromatic N) is 2. The van der Waals surface area contributed by atoms with Crippen molar-refractivity contribution in [3.8, 4) is 23.0 Å². The topological polar surface area (TPSA) is 86.5 Å². The van der Waals surface area contributed by atoms with Gasteiger partial charge in [-0.05, 0) is 50.2 Å². The highest BCUT2D eigenvalue weighted by atomic mass is 16.5. The summed E-state index contributed by atoms with van der Waals surface area (Å²) in [5.41, 5.74) is 3.35. The molecule has 0 saturated carbocycles. The number of amides is 1. The molecular formula is C21H21N3O4. The fourth-order valence-corrected chi connectivity index (χ4v) is 3.25. The minimum atomic E-state index is -0.172. The van der Waals surface area contributed by atoms with Crippen LogP contribution < -0.4 is 14.8 Å². The highest BCUT2D eigenvalue weighted by molar-refractivity contribution is 5.94. The van der Waals surface area contributed by atoms with Crippen molar-refractivity contribution < 1.29 is 18.7 Å². The molecule has 7 nitrogen and oxygen atoms in total. The molecule has 0 saturated heterocycles. The van der Waals surface area contributed by atoms with Crippen molar-refractivity contribution in [2.24, 2.45) is 0 Å². The summed E-state index contributed by atoms with van der Waals surface area (Å²) in [4.78, 5) is 12.5. The van der Waals surface area contributed by atoms with Crippen LogP contribution in [0.2, 0.25) is 0 Å². The predicted octanol–water partition coefficient (Wildman–Crippen LogP) is 3.39. The van der Waals surface area contributed by atoms with Gasteiger partial charge < -0.3 is 19.2 Å². The van der Waals surface area contributed by atoms with E-state index in [4.69, 9.17) is 13.9 Å². The Hall–Kier alpha value is -3.35. The average Bonchev–Trinajstić information content (AvgIpc) is 3.35. The number of carbonyl (C=O) groups excluding carboxylic acids is 1. The third-order valence-corrected chi connectivity index (χ3v) is 4.57. The first-order valence-electron chi connectivity index (χ1n) is 9.24. The molecule has 1 atom stereocenters. The summed E-state index contributed by atoms with van der Waals surface area (Å²) < 4.78 is 16.8. The van der Waals surface area contributed by atoms with Crippen molar-refractivity contribution in [1.29, 1.82) is 0 Å². The number of ether oxygens (including phenoxy) is 2. The van der Waals surface area contributed by atoms with Crippen molar-refractivity contribution in [1.82, 2.24) is 15.5 Å². The van der Waals surface area contributed by atoms with E-state index in [1.807, 2.05) is 26.0 Å². The fraction of sp³-hybridized carbons (Fsp3) is 0.286. The molecule has 1 aliphatic heterocycles. The second-order valence-corrected chi connectivity index (χ2v) is 6.64. The van der Waals surface area contributed by atoms with Gasteiger partial charge in [0.2, 0.25) is 12.3 Å². The van der Waals surface area contributed by atoms with Crippen molar-refractivity contribution >= 4 is 5.91 Å². The third kappa shape index (κ3) is 3.69. The minimum Gasteiger partial charge on any atom is -0.494 e. The third-order valence-electron chi connectivity index (χ3n) is 4.57. The minimum absolute atomic E-state index is 0.159. The van der Waals surface area contributed by atoms with E-state index in [0.29, 0.717) is 24.6 Å². The Morgan fingerprint density at radius 1 is 1.29 bits per heavy atom. The zero-order chi connectivity index (χ0) is 19.5. The number of benzene rings is 2. The van der Waals surface area contributed by atoms with Gasteiger partial charge >= 0.3 is 0 Å². The largest absolute Gasteiger partial charge is 0.494 e. The van der Waals surface area contributed by atoms with Crippen LogP contribution in [0.4, 0.5) is 0 Å². The van der Waals surface area contributed by atoms with E-state index in [2.05, 4.69) is 15.5 Å². The van der Waals surface area contributed by atoms with Gasteiger partial charge in [-0.25, -0.2) is 0 Å². The molecule has 1 aliphatic rings. The molecule has 3 aromatic rings. The van der Waals surface area contributed by atoms with Gasteiger partial charge in [0, 0.05) is 35.2 Å². The molecule has 2 heterocycles. The first-order valence-corrected chi connectivity index (χ1v) is 9.24. The number of nitrogens with one attached hydrogen (secondary N) is 1. The SMILES string of the molecule is CCOc1cc2c(cc1CNC(=O)c1ccc(-c3nnco3)cc1)O[C@@H](C)C2. The van der Waals surface area contributed by atoms with E-state index in [1.54, 1.807) is 24.3 Å². The smallest absolute Gasteiger partial charge is 0.251 e. The molecular weight excluding hydrogens is 358 g/mol.